The van der Waals surface area contributed by atoms with Crippen molar-refractivity contribution in [1.82, 2.24) is 0 Å². The van der Waals surface area contributed by atoms with Crippen molar-refractivity contribution in [3.8, 4) is 11.1 Å². The van der Waals surface area contributed by atoms with Gasteiger partial charge in [-0.3, -0.25) is 9.10 Å². The van der Waals surface area contributed by atoms with Gasteiger partial charge in [-0.1, -0.05) is 24.3 Å². The van der Waals surface area contributed by atoms with E-state index >= 15 is 0 Å². The smallest absolute Gasteiger partial charge is 0.265 e. The van der Waals surface area contributed by atoms with Crippen LogP contribution in [-0.4, -0.2) is 20.9 Å². The third kappa shape index (κ3) is 3.23. The van der Waals surface area contributed by atoms with Crippen molar-refractivity contribution in [2.75, 3.05) is 16.2 Å². The first-order valence-corrected chi connectivity index (χ1v) is 9.88. The van der Waals surface area contributed by atoms with Gasteiger partial charge in [0.05, 0.1) is 10.6 Å². The molecule has 4 rings (SSSR count). The van der Waals surface area contributed by atoms with Crippen molar-refractivity contribution in [2.24, 2.45) is 0 Å². The summed E-state index contributed by atoms with van der Waals surface area (Å²) in [5.74, 6) is -3.51. The number of nitrogens with one attached hydrogen (secondary N) is 1. The third-order valence-corrected chi connectivity index (χ3v) is 6.30. The summed E-state index contributed by atoms with van der Waals surface area (Å²) in [5, 5.41) is 2.06. The maximum absolute atomic E-state index is 13.8. The zero-order valence-corrected chi connectivity index (χ0v) is 15.5. The summed E-state index contributed by atoms with van der Waals surface area (Å²) >= 11 is 0. The Balaban J connectivity index is 1.75. The first kappa shape index (κ1) is 19.0. The Kier molecular flexibility index (Phi) is 4.54. The number of para-hydroxylation sites is 1. The van der Waals surface area contributed by atoms with E-state index in [0.717, 1.165) is 28.6 Å². The molecule has 0 aliphatic carbocycles. The second kappa shape index (κ2) is 6.93. The number of rotatable bonds is 3. The number of carbonyl (C=O) groups excluding carboxylic acids is 1. The standard InChI is InChI=1S/C20H13F3N2O3S/c21-12-8-9-17-14(10-12)13-4-1-2-7-18(13)29(27,28)25(17)11-19(26)24-20-15(22)5-3-6-16(20)23/h1-10H,11H2,(H,24,26). The number of nitrogens with zero attached hydrogens (tertiary/aromatic N) is 1. The predicted molar refractivity (Wildman–Crippen MR) is 101 cm³/mol. The van der Waals surface area contributed by atoms with Gasteiger partial charge in [-0.25, -0.2) is 21.6 Å². The van der Waals surface area contributed by atoms with Gasteiger partial charge in [0.1, 0.15) is 29.7 Å². The minimum absolute atomic E-state index is 0.0919. The Morgan fingerprint density at radius 1 is 0.897 bits per heavy atom. The first-order chi connectivity index (χ1) is 13.8. The quantitative estimate of drug-likeness (QED) is 0.701. The highest BCUT2D eigenvalue weighted by Crippen LogP contribution is 2.43. The van der Waals surface area contributed by atoms with Crippen molar-refractivity contribution in [3.05, 3.63) is 78.1 Å². The number of anilines is 2. The van der Waals surface area contributed by atoms with Crippen molar-refractivity contribution in [1.29, 1.82) is 0 Å². The lowest BCUT2D eigenvalue weighted by Crippen LogP contribution is -2.40. The molecule has 0 saturated carbocycles. The molecule has 0 saturated heterocycles. The van der Waals surface area contributed by atoms with Gasteiger partial charge >= 0.3 is 0 Å². The van der Waals surface area contributed by atoms with Crippen LogP contribution >= 0.6 is 0 Å². The maximum atomic E-state index is 13.8. The lowest BCUT2D eigenvalue weighted by molar-refractivity contribution is -0.114. The van der Waals surface area contributed by atoms with E-state index in [9.17, 15) is 26.4 Å². The highest BCUT2D eigenvalue weighted by Gasteiger charge is 2.36. The minimum atomic E-state index is -4.15. The van der Waals surface area contributed by atoms with Crippen LogP contribution in [0.15, 0.2) is 65.6 Å². The van der Waals surface area contributed by atoms with E-state index in [-0.39, 0.29) is 10.6 Å². The highest BCUT2D eigenvalue weighted by molar-refractivity contribution is 7.93. The Morgan fingerprint density at radius 3 is 2.31 bits per heavy atom. The Morgan fingerprint density at radius 2 is 1.59 bits per heavy atom. The SMILES string of the molecule is O=C(CN1c2ccc(F)cc2-c2ccccc2S1(=O)=O)Nc1c(F)cccc1F. The Hall–Kier alpha value is -3.33. The molecule has 1 aliphatic rings. The number of sulfonamides is 1. The summed E-state index contributed by atoms with van der Waals surface area (Å²) in [4.78, 5) is 12.3. The molecular formula is C20H13F3N2O3S. The zero-order valence-electron chi connectivity index (χ0n) is 14.7. The maximum Gasteiger partial charge on any atom is 0.265 e. The zero-order chi connectivity index (χ0) is 20.8. The molecule has 0 aromatic heterocycles. The molecule has 3 aromatic carbocycles. The van der Waals surface area contributed by atoms with Crippen LogP contribution in [-0.2, 0) is 14.8 Å². The fraction of sp³-hybridized carbons (Fsp3) is 0.0500. The third-order valence-electron chi connectivity index (χ3n) is 4.49. The summed E-state index contributed by atoms with van der Waals surface area (Å²) < 4.78 is 68.3. The number of hydrogen-bond donors (Lipinski definition) is 1. The average molecular weight is 418 g/mol. The molecule has 0 bridgehead atoms. The summed E-state index contributed by atoms with van der Waals surface area (Å²) in [6.45, 7) is -0.747. The van der Waals surface area contributed by atoms with Crippen LogP contribution in [0.1, 0.15) is 0 Å². The number of fused-ring (bicyclic) bond motifs is 3. The second-order valence-electron chi connectivity index (χ2n) is 6.31. The van der Waals surface area contributed by atoms with Gasteiger partial charge in [-0.05, 0) is 36.4 Å². The Labute approximate surface area is 164 Å². The van der Waals surface area contributed by atoms with Crippen molar-refractivity contribution < 1.29 is 26.4 Å². The van der Waals surface area contributed by atoms with E-state index < -0.39 is 45.6 Å². The van der Waals surface area contributed by atoms with Gasteiger partial charge in [0.15, 0.2) is 0 Å². The topological polar surface area (TPSA) is 66.5 Å². The van der Waals surface area contributed by atoms with Gasteiger partial charge in [0.2, 0.25) is 5.91 Å². The van der Waals surface area contributed by atoms with Crippen LogP contribution in [0.25, 0.3) is 11.1 Å². The minimum Gasteiger partial charge on any atom is -0.320 e. The van der Waals surface area contributed by atoms with Crippen LogP contribution in [0.2, 0.25) is 0 Å². The second-order valence-corrected chi connectivity index (χ2v) is 8.14. The fourth-order valence-corrected chi connectivity index (χ4v) is 4.85. The molecule has 1 heterocycles. The molecule has 0 fully saturated rings. The van der Waals surface area contributed by atoms with Gasteiger partial charge < -0.3 is 5.32 Å². The van der Waals surface area contributed by atoms with E-state index in [1.54, 1.807) is 6.07 Å². The van der Waals surface area contributed by atoms with E-state index in [2.05, 4.69) is 5.32 Å². The Bertz CT molecular complexity index is 1230. The van der Waals surface area contributed by atoms with Gasteiger partial charge in [-0.2, -0.15) is 0 Å². The lowest BCUT2D eigenvalue weighted by Gasteiger charge is -2.31. The highest BCUT2D eigenvalue weighted by atomic mass is 32.2. The van der Waals surface area contributed by atoms with E-state index in [1.165, 1.54) is 30.3 Å². The molecule has 0 atom stereocenters. The number of hydrogen-bond acceptors (Lipinski definition) is 3. The van der Waals surface area contributed by atoms with E-state index in [1.807, 2.05) is 0 Å². The van der Waals surface area contributed by atoms with Crippen LogP contribution in [0, 0.1) is 17.5 Å². The number of amides is 1. The molecule has 29 heavy (non-hydrogen) atoms. The molecule has 0 unspecified atom stereocenters. The first-order valence-electron chi connectivity index (χ1n) is 8.44. The number of halogens is 3. The predicted octanol–water partition coefficient (Wildman–Crippen LogP) is 3.92. The molecule has 1 aliphatic heterocycles. The molecule has 1 N–H and O–H groups in total. The number of benzene rings is 3. The van der Waals surface area contributed by atoms with E-state index in [4.69, 9.17) is 0 Å². The summed E-state index contributed by atoms with van der Waals surface area (Å²) in [7, 11) is -4.15. The van der Waals surface area contributed by atoms with Crippen LogP contribution in [0.5, 0.6) is 0 Å². The summed E-state index contributed by atoms with van der Waals surface area (Å²) in [6, 6.07) is 12.6. The van der Waals surface area contributed by atoms with Crippen molar-refractivity contribution in [3.63, 3.8) is 0 Å². The molecule has 148 valence electrons. The van der Waals surface area contributed by atoms with Gasteiger partial charge in [0.25, 0.3) is 10.0 Å². The monoisotopic (exact) mass is 418 g/mol. The van der Waals surface area contributed by atoms with Gasteiger partial charge in [0, 0.05) is 11.1 Å². The molecule has 5 nitrogen and oxygen atoms in total. The van der Waals surface area contributed by atoms with Crippen LogP contribution < -0.4 is 9.62 Å². The van der Waals surface area contributed by atoms with Gasteiger partial charge in [-0.15, -0.1) is 0 Å². The molecular weight excluding hydrogens is 405 g/mol. The molecule has 1 amide bonds. The molecule has 3 aromatic rings. The van der Waals surface area contributed by atoms with Crippen molar-refractivity contribution in [2.45, 2.75) is 4.90 Å². The fourth-order valence-electron chi connectivity index (χ4n) is 3.20. The van der Waals surface area contributed by atoms with Crippen LogP contribution in [0.3, 0.4) is 0 Å². The average Bonchev–Trinajstić information content (AvgIpc) is 2.68. The lowest BCUT2D eigenvalue weighted by atomic mass is 10.0. The van der Waals surface area contributed by atoms with E-state index in [0.29, 0.717) is 11.1 Å². The van der Waals surface area contributed by atoms with Crippen molar-refractivity contribution >= 4 is 27.3 Å². The largest absolute Gasteiger partial charge is 0.320 e. The molecule has 0 radical (unpaired) electrons. The van der Waals surface area contributed by atoms with Crippen LogP contribution in [0.4, 0.5) is 24.5 Å². The summed E-state index contributed by atoms with van der Waals surface area (Å²) in [5.41, 5.74) is 0.0139. The molecule has 0 spiro atoms. The molecule has 9 heteroatoms. The number of carbonyl (C=O) groups is 1. The normalized spacial score (nSPS) is 14.1. The summed E-state index contributed by atoms with van der Waals surface area (Å²) in [6.07, 6.45) is 0.